The van der Waals surface area contributed by atoms with Crippen molar-refractivity contribution in [3.05, 3.63) is 0 Å². The summed E-state index contributed by atoms with van der Waals surface area (Å²) in [6, 6.07) is 0.791. The molecule has 2 atom stereocenters. The second-order valence-electron chi connectivity index (χ2n) is 4.93. The van der Waals surface area contributed by atoms with Crippen molar-refractivity contribution >= 4 is 0 Å². The molecule has 0 aromatic rings. The number of rotatable bonds is 6. The van der Waals surface area contributed by atoms with Crippen molar-refractivity contribution in [1.29, 1.82) is 0 Å². The van der Waals surface area contributed by atoms with E-state index in [-0.39, 0.29) is 0 Å². The molecule has 0 heterocycles. The van der Waals surface area contributed by atoms with Crippen LogP contribution in [-0.4, -0.2) is 19.1 Å². The quantitative estimate of drug-likeness (QED) is 0.525. The summed E-state index contributed by atoms with van der Waals surface area (Å²) in [5.41, 5.74) is 5.48. The third-order valence-electron chi connectivity index (χ3n) is 3.73. The topological polar surface area (TPSA) is 38.0 Å². The zero-order valence-electron chi connectivity index (χ0n) is 10.3. The molecule has 1 saturated carbocycles. The van der Waals surface area contributed by atoms with Crippen LogP contribution in [0, 0.1) is 5.92 Å². The van der Waals surface area contributed by atoms with Crippen LogP contribution in [0.4, 0.5) is 0 Å². The molecule has 2 unspecified atom stereocenters. The summed E-state index contributed by atoms with van der Waals surface area (Å²) in [4.78, 5) is 0. The van der Waals surface area contributed by atoms with Gasteiger partial charge in [-0.05, 0) is 51.1 Å². The Morgan fingerprint density at radius 1 is 1.13 bits per heavy atom. The predicted molar refractivity (Wildman–Crippen MR) is 66.9 cm³/mol. The minimum Gasteiger partial charge on any atom is -0.330 e. The average molecular weight is 212 g/mol. The fourth-order valence-electron chi connectivity index (χ4n) is 2.57. The molecule has 2 nitrogen and oxygen atoms in total. The molecule has 1 aliphatic carbocycles. The number of hydrogen-bond donors (Lipinski definition) is 2. The van der Waals surface area contributed by atoms with Crippen LogP contribution in [0.2, 0.25) is 0 Å². The van der Waals surface area contributed by atoms with E-state index in [2.05, 4.69) is 12.2 Å². The van der Waals surface area contributed by atoms with E-state index in [1.54, 1.807) is 0 Å². The summed E-state index contributed by atoms with van der Waals surface area (Å²) in [5, 5.41) is 3.69. The summed E-state index contributed by atoms with van der Waals surface area (Å²) < 4.78 is 0. The van der Waals surface area contributed by atoms with Gasteiger partial charge in [0.15, 0.2) is 0 Å². The Morgan fingerprint density at radius 2 is 2.00 bits per heavy atom. The highest BCUT2D eigenvalue weighted by molar-refractivity contribution is 4.74. The van der Waals surface area contributed by atoms with Gasteiger partial charge >= 0.3 is 0 Å². The van der Waals surface area contributed by atoms with Crippen molar-refractivity contribution in [2.45, 2.75) is 64.3 Å². The molecule has 0 bridgehead atoms. The van der Waals surface area contributed by atoms with E-state index in [9.17, 15) is 0 Å². The zero-order chi connectivity index (χ0) is 10.9. The first-order chi connectivity index (χ1) is 7.36. The van der Waals surface area contributed by atoms with E-state index in [0.29, 0.717) is 0 Å². The number of nitrogens with two attached hydrogens (primary N) is 1. The molecule has 1 aliphatic rings. The van der Waals surface area contributed by atoms with Crippen molar-refractivity contribution in [2.24, 2.45) is 11.7 Å². The van der Waals surface area contributed by atoms with E-state index in [0.717, 1.165) is 24.9 Å². The number of nitrogens with one attached hydrogen (secondary N) is 1. The van der Waals surface area contributed by atoms with E-state index >= 15 is 0 Å². The molecular formula is C13H28N2. The normalized spacial score (nSPS) is 27.6. The van der Waals surface area contributed by atoms with Crippen molar-refractivity contribution in [2.75, 3.05) is 13.1 Å². The molecule has 0 radical (unpaired) electrons. The summed E-state index contributed by atoms with van der Waals surface area (Å²) in [6.07, 6.45) is 10.9. The maximum Gasteiger partial charge on any atom is 0.00671 e. The lowest BCUT2D eigenvalue weighted by Crippen LogP contribution is -2.29. The molecule has 90 valence electrons. The van der Waals surface area contributed by atoms with Crippen molar-refractivity contribution in [3.8, 4) is 0 Å². The van der Waals surface area contributed by atoms with E-state index in [1.807, 2.05) is 0 Å². The largest absolute Gasteiger partial charge is 0.330 e. The highest BCUT2D eigenvalue weighted by Gasteiger charge is 2.16. The van der Waals surface area contributed by atoms with Crippen molar-refractivity contribution in [3.63, 3.8) is 0 Å². The van der Waals surface area contributed by atoms with Crippen LogP contribution in [0.25, 0.3) is 0 Å². The fourth-order valence-corrected chi connectivity index (χ4v) is 2.57. The SMILES string of the molecule is CCC1CCCC(NCCCCN)CC1. The van der Waals surface area contributed by atoms with Crippen LogP contribution in [0.5, 0.6) is 0 Å². The third kappa shape index (κ3) is 5.53. The lowest BCUT2D eigenvalue weighted by Gasteiger charge is -2.16. The first-order valence-corrected chi connectivity index (χ1v) is 6.80. The lowest BCUT2D eigenvalue weighted by molar-refractivity contribution is 0.423. The molecule has 0 amide bonds. The maximum atomic E-state index is 5.48. The third-order valence-corrected chi connectivity index (χ3v) is 3.73. The Labute approximate surface area is 95.0 Å². The van der Waals surface area contributed by atoms with Gasteiger partial charge in [-0.15, -0.1) is 0 Å². The molecule has 15 heavy (non-hydrogen) atoms. The van der Waals surface area contributed by atoms with Crippen LogP contribution < -0.4 is 11.1 Å². The van der Waals surface area contributed by atoms with Crippen LogP contribution in [0.3, 0.4) is 0 Å². The average Bonchev–Trinajstić information content (AvgIpc) is 2.49. The first-order valence-electron chi connectivity index (χ1n) is 6.80. The Morgan fingerprint density at radius 3 is 2.73 bits per heavy atom. The highest BCUT2D eigenvalue weighted by atomic mass is 14.9. The summed E-state index contributed by atoms with van der Waals surface area (Å²) in [7, 11) is 0. The van der Waals surface area contributed by atoms with Gasteiger partial charge in [-0.3, -0.25) is 0 Å². The van der Waals surface area contributed by atoms with Crippen LogP contribution >= 0.6 is 0 Å². The van der Waals surface area contributed by atoms with Crippen LogP contribution in [0.1, 0.15) is 58.3 Å². The minimum absolute atomic E-state index is 0.791. The van der Waals surface area contributed by atoms with Gasteiger partial charge in [0, 0.05) is 6.04 Å². The van der Waals surface area contributed by atoms with Crippen LogP contribution in [0.15, 0.2) is 0 Å². The molecule has 1 rings (SSSR count). The van der Waals surface area contributed by atoms with Gasteiger partial charge in [-0.2, -0.15) is 0 Å². The highest BCUT2D eigenvalue weighted by Crippen LogP contribution is 2.25. The molecule has 3 N–H and O–H groups in total. The second kappa shape index (κ2) is 8.12. The van der Waals surface area contributed by atoms with Crippen LogP contribution in [-0.2, 0) is 0 Å². The fraction of sp³-hybridized carbons (Fsp3) is 1.00. The Hall–Kier alpha value is -0.0800. The van der Waals surface area contributed by atoms with Gasteiger partial charge in [0.1, 0.15) is 0 Å². The lowest BCUT2D eigenvalue weighted by atomic mass is 9.98. The molecule has 2 heteroatoms. The van der Waals surface area contributed by atoms with Gasteiger partial charge < -0.3 is 11.1 Å². The smallest absolute Gasteiger partial charge is 0.00671 e. The molecule has 1 fully saturated rings. The van der Waals surface area contributed by atoms with Gasteiger partial charge in [-0.25, -0.2) is 0 Å². The molecule has 0 saturated heterocycles. The van der Waals surface area contributed by atoms with E-state index in [1.165, 1.54) is 51.5 Å². The van der Waals surface area contributed by atoms with Crippen molar-refractivity contribution < 1.29 is 0 Å². The van der Waals surface area contributed by atoms with Gasteiger partial charge in [0.05, 0.1) is 0 Å². The Bertz CT molecular complexity index is 147. The Kier molecular flexibility index (Phi) is 7.03. The monoisotopic (exact) mass is 212 g/mol. The first kappa shape index (κ1) is 13.0. The Balaban J connectivity index is 2.08. The maximum absolute atomic E-state index is 5.48. The standard InChI is InChI=1S/C13H28N2/c1-2-12-6-5-7-13(9-8-12)15-11-4-3-10-14/h12-13,15H,2-11,14H2,1H3. The second-order valence-corrected chi connectivity index (χ2v) is 4.93. The number of hydrogen-bond acceptors (Lipinski definition) is 2. The van der Waals surface area contributed by atoms with E-state index in [4.69, 9.17) is 5.73 Å². The van der Waals surface area contributed by atoms with Gasteiger partial charge in [-0.1, -0.05) is 26.2 Å². The molecule has 0 spiro atoms. The van der Waals surface area contributed by atoms with Gasteiger partial charge in [0.25, 0.3) is 0 Å². The molecular weight excluding hydrogens is 184 g/mol. The summed E-state index contributed by atoms with van der Waals surface area (Å²) in [6.45, 7) is 4.34. The predicted octanol–water partition coefficient (Wildman–Crippen LogP) is 2.67. The molecule has 0 aromatic carbocycles. The molecule has 0 aliphatic heterocycles. The molecule has 0 aromatic heterocycles. The zero-order valence-corrected chi connectivity index (χ0v) is 10.3. The minimum atomic E-state index is 0.791. The number of unbranched alkanes of at least 4 members (excludes halogenated alkanes) is 1. The summed E-state index contributed by atoms with van der Waals surface area (Å²) in [5.74, 6) is 1.00. The van der Waals surface area contributed by atoms with E-state index < -0.39 is 0 Å². The summed E-state index contributed by atoms with van der Waals surface area (Å²) >= 11 is 0. The van der Waals surface area contributed by atoms with Crippen molar-refractivity contribution in [1.82, 2.24) is 5.32 Å². The van der Waals surface area contributed by atoms with Gasteiger partial charge in [0.2, 0.25) is 0 Å².